The minimum absolute atomic E-state index is 0.00114. The molecular formula is C16H13BrClF4NO3. The summed E-state index contributed by atoms with van der Waals surface area (Å²) >= 11 is 8.79. The Kier molecular flexibility index (Phi) is 6.23. The number of aromatic nitrogens is 1. The van der Waals surface area contributed by atoms with Gasteiger partial charge in [-0.05, 0) is 47.1 Å². The molecule has 0 bridgehead atoms. The van der Waals surface area contributed by atoms with Crippen molar-refractivity contribution < 1.29 is 31.8 Å². The molecule has 0 N–H and O–H groups in total. The number of rotatable bonds is 5. The Labute approximate surface area is 159 Å². The third-order valence-corrected chi connectivity index (χ3v) is 4.62. The standard InChI is InChI=1S/C16H13BrClF4NO3/c1-3-25-15(24)14(18)26-8-4-5-11(19)9(6-8)10-7-12(16(20,21)22)23(2)13(10)17/h4-7,14H,3H2,1-2H3. The quantitative estimate of drug-likeness (QED) is 0.355. The molecule has 1 aromatic heterocycles. The molecule has 1 heterocycles. The third-order valence-electron chi connectivity index (χ3n) is 3.39. The Morgan fingerprint density at radius 1 is 1.31 bits per heavy atom. The highest BCUT2D eigenvalue weighted by Crippen LogP contribution is 2.40. The van der Waals surface area contributed by atoms with Crippen LogP contribution in [-0.4, -0.2) is 22.7 Å². The van der Waals surface area contributed by atoms with Crippen LogP contribution < -0.4 is 4.74 Å². The number of hydrogen-bond donors (Lipinski definition) is 0. The molecule has 4 nitrogen and oxygen atoms in total. The van der Waals surface area contributed by atoms with Gasteiger partial charge in [0.15, 0.2) is 0 Å². The van der Waals surface area contributed by atoms with E-state index in [2.05, 4.69) is 20.7 Å². The van der Waals surface area contributed by atoms with Crippen molar-refractivity contribution in [3.8, 4) is 16.9 Å². The number of halogens is 6. The lowest BCUT2D eigenvalue weighted by molar-refractivity contribution is -0.147. The molecule has 0 saturated carbocycles. The fourth-order valence-electron chi connectivity index (χ4n) is 2.20. The van der Waals surface area contributed by atoms with Gasteiger partial charge < -0.3 is 14.0 Å². The summed E-state index contributed by atoms with van der Waals surface area (Å²) in [7, 11) is 1.20. The van der Waals surface area contributed by atoms with E-state index in [0.29, 0.717) is 0 Å². The molecule has 0 radical (unpaired) electrons. The Hall–Kier alpha value is -1.74. The van der Waals surface area contributed by atoms with E-state index in [1.807, 2.05) is 0 Å². The van der Waals surface area contributed by atoms with Crippen LogP contribution in [0, 0.1) is 5.82 Å². The van der Waals surface area contributed by atoms with E-state index in [0.717, 1.165) is 22.8 Å². The first-order valence-corrected chi connectivity index (χ1v) is 8.48. The Morgan fingerprint density at radius 3 is 2.50 bits per heavy atom. The first-order chi connectivity index (χ1) is 12.1. The van der Waals surface area contributed by atoms with Gasteiger partial charge in [0.25, 0.3) is 5.56 Å². The van der Waals surface area contributed by atoms with Crippen LogP contribution in [-0.2, 0) is 22.8 Å². The molecular weight excluding hydrogens is 446 g/mol. The van der Waals surface area contributed by atoms with Crippen molar-refractivity contribution in [2.24, 2.45) is 7.05 Å². The Morgan fingerprint density at radius 2 is 1.96 bits per heavy atom. The van der Waals surface area contributed by atoms with E-state index in [1.165, 1.54) is 13.1 Å². The van der Waals surface area contributed by atoms with Crippen molar-refractivity contribution >= 4 is 33.5 Å². The second kappa shape index (κ2) is 7.87. The zero-order chi connectivity index (χ0) is 19.6. The van der Waals surface area contributed by atoms with Crippen LogP contribution in [0.25, 0.3) is 11.1 Å². The number of ether oxygens (including phenoxy) is 2. The normalized spacial score (nSPS) is 12.8. The average Bonchev–Trinajstić information content (AvgIpc) is 2.85. The molecule has 1 atom stereocenters. The topological polar surface area (TPSA) is 40.5 Å². The van der Waals surface area contributed by atoms with Gasteiger partial charge in [-0.25, -0.2) is 9.18 Å². The maximum absolute atomic E-state index is 14.2. The molecule has 0 spiro atoms. The highest BCUT2D eigenvalue weighted by atomic mass is 79.9. The molecule has 1 aromatic carbocycles. The van der Waals surface area contributed by atoms with Gasteiger partial charge in [0, 0.05) is 18.2 Å². The molecule has 0 aliphatic heterocycles. The summed E-state index contributed by atoms with van der Waals surface area (Å²) in [5, 5.41) is 0. The van der Waals surface area contributed by atoms with Crippen LogP contribution in [0.5, 0.6) is 5.75 Å². The zero-order valence-electron chi connectivity index (χ0n) is 13.5. The maximum atomic E-state index is 14.2. The van der Waals surface area contributed by atoms with Crippen LogP contribution >= 0.6 is 27.5 Å². The van der Waals surface area contributed by atoms with E-state index >= 15 is 0 Å². The molecule has 0 saturated heterocycles. The molecule has 0 aliphatic rings. The summed E-state index contributed by atoms with van der Waals surface area (Å²) in [4.78, 5) is 11.5. The van der Waals surface area contributed by atoms with Crippen molar-refractivity contribution in [1.82, 2.24) is 4.57 Å². The average molecular weight is 459 g/mol. The number of hydrogen-bond acceptors (Lipinski definition) is 3. The third kappa shape index (κ3) is 4.32. The number of carbonyl (C=O) groups excluding carboxylic acids is 1. The second-order valence-corrected chi connectivity index (χ2v) is 6.27. The van der Waals surface area contributed by atoms with E-state index in [-0.39, 0.29) is 28.1 Å². The van der Waals surface area contributed by atoms with Crippen LogP contribution in [0.4, 0.5) is 17.6 Å². The van der Waals surface area contributed by atoms with Gasteiger partial charge in [-0.2, -0.15) is 13.2 Å². The lowest BCUT2D eigenvalue weighted by atomic mass is 10.1. The van der Waals surface area contributed by atoms with E-state index in [4.69, 9.17) is 16.3 Å². The number of alkyl halides is 4. The van der Waals surface area contributed by atoms with Gasteiger partial charge >= 0.3 is 12.1 Å². The molecule has 0 aliphatic carbocycles. The summed E-state index contributed by atoms with van der Waals surface area (Å²) in [6.45, 7) is 1.68. The van der Waals surface area contributed by atoms with Gasteiger partial charge in [-0.15, -0.1) is 0 Å². The number of esters is 1. The molecule has 10 heteroatoms. The summed E-state index contributed by atoms with van der Waals surface area (Å²) < 4.78 is 64.1. The first kappa shape index (κ1) is 20.6. The highest BCUT2D eigenvalue weighted by Gasteiger charge is 2.36. The summed E-state index contributed by atoms with van der Waals surface area (Å²) in [6.07, 6.45) is -4.61. The van der Waals surface area contributed by atoms with Crippen molar-refractivity contribution in [2.45, 2.75) is 18.7 Å². The summed E-state index contributed by atoms with van der Waals surface area (Å²) in [5.41, 5.74) is -2.59. The fraction of sp³-hybridized carbons (Fsp3) is 0.312. The van der Waals surface area contributed by atoms with Gasteiger partial charge in [0.1, 0.15) is 17.3 Å². The molecule has 142 valence electrons. The monoisotopic (exact) mass is 457 g/mol. The van der Waals surface area contributed by atoms with Gasteiger partial charge in [-0.1, -0.05) is 11.6 Å². The minimum Gasteiger partial charge on any atom is -0.463 e. The van der Waals surface area contributed by atoms with Crippen molar-refractivity contribution in [1.29, 1.82) is 0 Å². The minimum atomic E-state index is -4.61. The summed E-state index contributed by atoms with van der Waals surface area (Å²) in [6, 6.07) is 4.18. The van der Waals surface area contributed by atoms with Crippen LogP contribution in [0.1, 0.15) is 12.6 Å². The lowest BCUT2D eigenvalue weighted by Crippen LogP contribution is -2.23. The predicted molar refractivity (Wildman–Crippen MR) is 90.4 cm³/mol. The van der Waals surface area contributed by atoms with Crippen LogP contribution in [0.3, 0.4) is 0 Å². The molecule has 1 unspecified atom stereocenters. The molecule has 2 aromatic rings. The molecule has 26 heavy (non-hydrogen) atoms. The first-order valence-electron chi connectivity index (χ1n) is 7.26. The van der Waals surface area contributed by atoms with Crippen LogP contribution in [0.15, 0.2) is 28.9 Å². The molecule has 0 fully saturated rings. The van der Waals surface area contributed by atoms with E-state index in [9.17, 15) is 22.4 Å². The lowest BCUT2D eigenvalue weighted by Gasteiger charge is -2.13. The fourth-order valence-corrected chi connectivity index (χ4v) is 2.88. The van der Waals surface area contributed by atoms with Gasteiger partial charge in [0.2, 0.25) is 0 Å². The van der Waals surface area contributed by atoms with E-state index < -0.39 is 29.2 Å². The Bertz CT molecular complexity index is 823. The van der Waals surface area contributed by atoms with E-state index in [1.54, 1.807) is 6.92 Å². The zero-order valence-corrected chi connectivity index (χ0v) is 15.9. The van der Waals surface area contributed by atoms with Crippen molar-refractivity contribution in [2.75, 3.05) is 6.61 Å². The number of nitrogens with zero attached hydrogens (tertiary/aromatic N) is 1. The number of carbonyl (C=O) groups is 1. The largest absolute Gasteiger partial charge is 0.463 e. The molecule has 0 amide bonds. The SMILES string of the molecule is CCOC(=O)C(Cl)Oc1ccc(F)c(-c2cc(C(F)(F)F)n(C)c2Br)c1. The highest BCUT2D eigenvalue weighted by molar-refractivity contribution is 9.10. The summed E-state index contributed by atoms with van der Waals surface area (Å²) in [5.74, 6) is -1.60. The van der Waals surface area contributed by atoms with Crippen molar-refractivity contribution in [3.63, 3.8) is 0 Å². The van der Waals surface area contributed by atoms with Crippen molar-refractivity contribution in [3.05, 3.63) is 40.4 Å². The molecule has 2 rings (SSSR count). The van der Waals surface area contributed by atoms with Crippen LogP contribution in [0.2, 0.25) is 0 Å². The van der Waals surface area contributed by atoms with Gasteiger partial charge in [0.05, 0.1) is 11.2 Å². The Balaban J connectivity index is 2.41. The number of benzene rings is 1. The predicted octanol–water partition coefficient (Wildman–Crippen LogP) is 5.12. The second-order valence-electron chi connectivity index (χ2n) is 5.12. The van der Waals surface area contributed by atoms with Gasteiger partial charge in [-0.3, -0.25) is 0 Å². The smallest absolute Gasteiger partial charge is 0.431 e. The maximum Gasteiger partial charge on any atom is 0.431 e.